The molecule has 0 N–H and O–H groups in total. The zero-order chi connectivity index (χ0) is 13.3. The number of hydrogen-bond donors (Lipinski definition) is 0. The van der Waals surface area contributed by atoms with Gasteiger partial charge in [0.15, 0.2) is 9.84 Å². The molecule has 0 radical (unpaired) electrons. The summed E-state index contributed by atoms with van der Waals surface area (Å²) in [5.74, 6) is 0.782. The van der Waals surface area contributed by atoms with Crippen molar-refractivity contribution in [1.82, 2.24) is 0 Å². The molecule has 17 heavy (non-hydrogen) atoms. The summed E-state index contributed by atoms with van der Waals surface area (Å²) in [6.45, 7) is 7.43. The maximum Gasteiger partial charge on any atom is 0.155 e. The second-order valence-electron chi connectivity index (χ2n) is 5.04. The lowest BCUT2D eigenvalue weighted by Crippen LogP contribution is -2.37. The van der Waals surface area contributed by atoms with Crippen LogP contribution in [0.1, 0.15) is 25.0 Å². The predicted molar refractivity (Wildman–Crippen MR) is 70.3 cm³/mol. The van der Waals surface area contributed by atoms with E-state index >= 15 is 0 Å². The molecule has 0 fully saturated rings. The SMILES string of the molecule is Cc1cccc(C)c1OCC(C)(C)S(C)(=O)=O. The molecule has 0 saturated heterocycles. The molecule has 0 aliphatic rings. The third kappa shape index (κ3) is 3.22. The highest BCUT2D eigenvalue weighted by molar-refractivity contribution is 7.92. The van der Waals surface area contributed by atoms with Crippen LogP contribution in [0.3, 0.4) is 0 Å². The molecule has 0 spiro atoms. The van der Waals surface area contributed by atoms with E-state index in [4.69, 9.17) is 4.74 Å². The van der Waals surface area contributed by atoms with Crippen LogP contribution in [0.4, 0.5) is 0 Å². The van der Waals surface area contributed by atoms with Crippen molar-refractivity contribution in [3.05, 3.63) is 29.3 Å². The first-order valence-corrected chi connectivity index (χ1v) is 7.43. The van der Waals surface area contributed by atoms with Crippen LogP contribution in [0.25, 0.3) is 0 Å². The fourth-order valence-corrected chi connectivity index (χ4v) is 1.65. The second-order valence-corrected chi connectivity index (χ2v) is 7.69. The largest absolute Gasteiger partial charge is 0.491 e. The zero-order valence-electron chi connectivity index (χ0n) is 11.1. The van der Waals surface area contributed by atoms with E-state index in [0.29, 0.717) is 0 Å². The molecule has 1 rings (SSSR count). The monoisotopic (exact) mass is 256 g/mol. The summed E-state index contributed by atoms with van der Waals surface area (Å²) in [6, 6.07) is 5.87. The zero-order valence-corrected chi connectivity index (χ0v) is 11.9. The molecule has 1 aromatic carbocycles. The lowest BCUT2D eigenvalue weighted by atomic mass is 10.1. The number of sulfone groups is 1. The predicted octanol–water partition coefficient (Wildman–Crippen LogP) is 2.51. The van der Waals surface area contributed by atoms with E-state index in [2.05, 4.69) is 0 Å². The minimum Gasteiger partial charge on any atom is -0.491 e. The Balaban J connectivity index is 2.89. The molecule has 0 heterocycles. The molecule has 0 atom stereocenters. The van der Waals surface area contributed by atoms with Crippen LogP contribution >= 0.6 is 0 Å². The number of rotatable bonds is 4. The molecular weight excluding hydrogens is 236 g/mol. The van der Waals surface area contributed by atoms with Crippen LogP contribution in [0, 0.1) is 13.8 Å². The quantitative estimate of drug-likeness (QED) is 0.831. The Kier molecular flexibility index (Phi) is 3.87. The number of hydrogen-bond acceptors (Lipinski definition) is 3. The molecule has 0 bridgehead atoms. The van der Waals surface area contributed by atoms with Gasteiger partial charge in [-0.2, -0.15) is 0 Å². The van der Waals surface area contributed by atoms with E-state index in [1.54, 1.807) is 13.8 Å². The molecular formula is C13H20O3S. The highest BCUT2D eigenvalue weighted by atomic mass is 32.2. The van der Waals surface area contributed by atoms with Crippen LogP contribution in [-0.4, -0.2) is 26.0 Å². The summed E-state index contributed by atoms with van der Waals surface area (Å²) < 4.78 is 27.9. The lowest BCUT2D eigenvalue weighted by Gasteiger charge is -2.23. The van der Waals surface area contributed by atoms with E-state index < -0.39 is 14.6 Å². The van der Waals surface area contributed by atoms with Crippen LogP contribution in [0.2, 0.25) is 0 Å². The van der Waals surface area contributed by atoms with Gasteiger partial charge in [-0.15, -0.1) is 0 Å². The molecule has 0 unspecified atom stereocenters. The Morgan fingerprint density at radius 3 is 2.06 bits per heavy atom. The van der Waals surface area contributed by atoms with E-state index in [1.165, 1.54) is 6.26 Å². The van der Waals surface area contributed by atoms with Gasteiger partial charge in [0, 0.05) is 6.26 Å². The lowest BCUT2D eigenvalue weighted by molar-refractivity contribution is 0.277. The average Bonchev–Trinajstić information content (AvgIpc) is 2.15. The van der Waals surface area contributed by atoms with Gasteiger partial charge in [-0.1, -0.05) is 18.2 Å². The number of para-hydroxylation sites is 1. The molecule has 0 aromatic heterocycles. The summed E-state index contributed by atoms with van der Waals surface area (Å²) in [6.07, 6.45) is 1.24. The van der Waals surface area contributed by atoms with Crippen molar-refractivity contribution in [2.24, 2.45) is 0 Å². The average molecular weight is 256 g/mol. The van der Waals surface area contributed by atoms with Gasteiger partial charge in [-0.3, -0.25) is 0 Å². The summed E-state index contributed by atoms with van der Waals surface area (Å²) in [7, 11) is -3.12. The molecule has 0 amide bonds. The molecule has 4 heteroatoms. The Labute approximate surface area is 104 Å². The fraction of sp³-hybridized carbons (Fsp3) is 0.538. The van der Waals surface area contributed by atoms with Gasteiger partial charge in [-0.05, 0) is 38.8 Å². The first kappa shape index (κ1) is 14.0. The molecule has 0 saturated carbocycles. The molecule has 1 aromatic rings. The summed E-state index contributed by atoms with van der Waals surface area (Å²) >= 11 is 0. The van der Waals surface area contributed by atoms with Crippen LogP contribution < -0.4 is 4.74 Å². The van der Waals surface area contributed by atoms with Crippen LogP contribution in [0.15, 0.2) is 18.2 Å². The van der Waals surface area contributed by atoms with E-state index in [1.807, 2.05) is 32.0 Å². The Morgan fingerprint density at radius 2 is 1.65 bits per heavy atom. The van der Waals surface area contributed by atoms with Crippen LogP contribution in [-0.2, 0) is 9.84 Å². The Bertz CT molecular complexity index is 481. The van der Waals surface area contributed by atoms with E-state index in [9.17, 15) is 8.42 Å². The third-order valence-electron chi connectivity index (χ3n) is 2.98. The van der Waals surface area contributed by atoms with Crippen molar-refractivity contribution in [2.45, 2.75) is 32.4 Å². The minimum atomic E-state index is -3.12. The van der Waals surface area contributed by atoms with Gasteiger partial charge in [0.1, 0.15) is 17.1 Å². The standard InChI is InChI=1S/C13H20O3S/c1-10-7-6-8-11(2)12(10)16-9-13(3,4)17(5,14)15/h6-8H,9H2,1-5H3. The van der Waals surface area contributed by atoms with E-state index in [-0.39, 0.29) is 6.61 Å². The summed E-state index contributed by atoms with van der Waals surface area (Å²) in [5, 5.41) is 0. The highest BCUT2D eigenvalue weighted by Gasteiger charge is 2.31. The van der Waals surface area contributed by atoms with Crippen molar-refractivity contribution in [1.29, 1.82) is 0 Å². The van der Waals surface area contributed by atoms with Gasteiger partial charge in [0.25, 0.3) is 0 Å². The van der Waals surface area contributed by atoms with Gasteiger partial charge >= 0.3 is 0 Å². The van der Waals surface area contributed by atoms with Crippen molar-refractivity contribution in [3.8, 4) is 5.75 Å². The molecule has 3 nitrogen and oxygen atoms in total. The topological polar surface area (TPSA) is 43.4 Å². The van der Waals surface area contributed by atoms with E-state index in [0.717, 1.165) is 16.9 Å². The third-order valence-corrected chi connectivity index (χ3v) is 5.10. The molecule has 0 aliphatic carbocycles. The van der Waals surface area contributed by atoms with Gasteiger partial charge in [-0.25, -0.2) is 8.42 Å². The maximum absolute atomic E-state index is 11.6. The first-order valence-electron chi connectivity index (χ1n) is 5.54. The van der Waals surface area contributed by atoms with Gasteiger partial charge in [0.2, 0.25) is 0 Å². The van der Waals surface area contributed by atoms with Crippen molar-refractivity contribution >= 4 is 9.84 Å². The van der Waals surface area contributed by atoms with Crippen LogP contribution in [0.5, 0.6) is 5.75 Å². The summed E-state index contributed by atoms with van der Waals surface area (Å²) in [5.41, 5.74) is 2.05. The van der Waals surface area contributed by atoms with Crippen molar-refractivity contribution < 1.29 is 13.2 Å². The Morgan fingerprint density at radius 1 is 1.18 bits per heavy atom. The minimum absolute atomic E-state index is 0.164. The number of aryl methyl sites for hydroxylation is 2. The number of benzene rings is 1. The summed E-state index contributed by atoms with van der Waals surface area (Å²) in [4.78, 5) is 0. The Hall–Kier alpha value is -1.03. The van der Waals surface area contributed by atoms with Crippen molar-refractivity contribution in [3.63, 3.8) is 0 Å². The van der Waals surface area contributed by atoms with Gasteiger partial charge < -0.3 is 4.74 Å². The maximum atomic E-state index is 11.6. The normalized spacial score (nSPS) is 12.5. The smallest absolute Gasteiger partial charge is 0.155 e. The highest BCUT2D eigenvalue weighted by Crippen LogP contribution is 2.25. The van der Waals surface area contributed by atoms with Crippen molar-refractivity contribution in [2.75, 3.05) is 12.9 Å². The fourth-order valence-electron chi connectivity index (χ4n) is 1.38. The first-order chi connectivity index (χ1) is 7.65. The number of ether oxygens (including phenoxy) is 1. The molecule has 96 valence electrons. The second kappa shape index (κ2) is 4.69. The van der Waals surface area contributed by atoms with Gasteiger partial charge in [0.05, 0.1) is 0 Å². The molecule has 0 aliphatic heterocycles.